The quantitative estimate of drug-likeness (QED) is 0.785. The SMILES string of the molecule is Cc1ncn(CCC(C)(C)C)c(=O)c1I. The second-order valence-electron chi connectivity index (χ2n) is 4.95. The number of halogens is 1. The van der Waals surface area contributed by atoms with Crippen molar-refractivity contribution in [2.24, 2.45) is 5.41 Å². The molecule has 3 nitrogen and oxygen atoms in total. The zero-order chi connectivity index (χ0) is 11.6. The maximum absolute atomic E-state index is 11.8. The zero-order valence-electron chi connectivity index (χ0n) is 9.67. The average molecular weight is 320 g/mol. The molecule has 0 amide bonds. The first-order valence-electron chi connectivity index (χ1n) is 5.03. The molecule has 1 aromatic rings. The van der Waals surface area contributed by atoms with Crippen molar-refractivity contribution in [1.29, 1.82) is 0 Å². The lowest BCUT2D eigenvalue weighted by Crippen LogP contribution is -2.25. The van der Waals surface area contributed by atoms with Crippen molar-refractivity contribution in [3.05, 3.63) is 25.9 Å². The summed E-state index contributed by atoms with van der Waals surface area (Å²) in [7, 11) is 0. The molecule has 0 saturated heterocycles. The number of rotatable bonds is 2. The van der Waals surface area contributed by atoms with Gasteiger partial charge in [0.1, 0.15) is 0 Å². The van der Waals surface area contributed by atoms with Gasteiger partial charge in [-0.1, -0.05) is 20.8 Å². The van der Waals surface area contributed by atoms with Gasteiger partial charge in [0.05, 0.1) is 15.6 Å². The molecule has 0 fully saturated rings. The molecule has 1 aromatic heterocycles. The number of aryl methyl sites for hydroxylation is 2. The molecule has 0 spiro atoms. The van der Waals surface area contributed by atoms with Crippen LogP contribution in [0, 0.1) is 15.9 Å². The normalized spacial score (nSPS) is 11.8. The minimum absolute atomic E-state index is 0.0763. The van der Waals surface area contributed by atoms with Gasteiger partial charge in [0.25, 0.3) is 5.56 Å². The van der Waals surface area contributed by atoms with Gasteiger partial charge in [-0.05, 0) is 41.4 Å². The molecule has 0 atom stereocenters. The number of hydrogen-bond acceptors (Lipinski definition) is 2. The van der Waals surface area contributed by atoms with Gasteiger partial charge in [0.2, 0.25) is 0 Å². The lowest BCUT2D eigenvalue weighted by atomic mass is 9.92. The highest BCUT2D eigenvalue weighted by Gasteiger charge is 2.11. The van der Waals surface area contributed by atoms with Crippen molar-refractivity contribution in [3.63, 3.8) is 0 Å². The summed E-state index contributed by atoms with van der Waals surface area (Å²) in [4.78, 5) is 16.0. The Kier molecular flexibility index (Phi) is 3.92. The number of nitrogens with zero attached hydrogens (tertiary/aromatic N) is 2. The van der Waals surface area contributed by atoms with Crippen LogP contribution in [0.5, 0.6) is 0 Å². The molecule has 0 N–H and O–H groups in total. The van der Waals surface area contributed by atoms with Crippen LogP contribution in [0.25, 0.3) is 0 Å². The predicted octanol–water partition coefficient (Wildman–Crippen LogP) is 2.59. The van der Waals surface area contributed by atoms with Crippen LogP contribution in [0.4, 0.5) is 0 Å². The van der Waals surface area contributed by atoms with Crippen LogP contribution in [0.1, 0.15) is 32.9 Å². The molecule has 0 aliphatic carbocycles. The van der Waals surface area contributed by atoms with Crippen molar-refractivity contribution in [2.45, 2.75) is 40.7 Å². The number of aromatic nitrogens is 2. The van der Waals surface area contributed by atoms with Crippen LogP contribution in [0.15, 0.2) is 11.1 Å². The third-order valence-corrected chi connectivity index (χ3v) is 3.50. The van der Waals surface area contributed by atoms with Crippen molar-refractivity contribution in [2.75, 3.05) is 0 Å². The third kappa shape index (κ3) is 3.59. The van der Waals surface area contributed by atoms with Gasteiger partial charge in [-0.2, -0.15) is 0 Å². The van der Waals surface area contributed by atoms with E-state index in [0.29, 0.717) is 0 Å². The highest BCUT2D eigenvalue weighted by atomic mass is 127. The fourth-order valence-corrected chi connectivity index (χ4v) is 1.61. The Hall–Kier alpha value is -0.390. The Labute approximate surface area is 104 Å². The van der Waals surface area contributed by atoms with Crippen LogP contribution in [-0.2, 0) is 6.54 Å². The van der Waals surface area contributed by atoms with E-state index in [-0.39, 0.29) is 11.0 Å². The molecule has 0 bridgehead atoms. The second kappa shape index (κ2) is 4.63. The van der Waals surface area contributed by atoms with Crippen LogP contribution in [0.3, 0.4) is 0 Å². The zero-order valence-corrected chi connectivity index (χ0v) is 11.8. The van der Waals surface area contributed by atoms with Crippen LogP contribution < -0.4 is 5.56 Å². The van der Waals surface area contributed by atoms with E-state index in [0.717, 1.165) is 22.2 Å². The molecule has 0 saturated carbocycles. The highest BCUT2D eigenvalue weighted by molar-refractivity contribution is 14.1. The summed E-state index contributed by atoms with van der Waals surface area (Å²) in [6.07, 6.45) is 2.62. The molecule has 15 heavy (non-hydrogen) atoms. The van der Waals surface area contributed by atoms with E-state index in [2.05, 4.69) is 48.3 Å². The minimum Gasteiger partial charge on any atom is -0.298 e. The van der Waals surface area contributed by atoms with E-state index in [9.17, 15) is 4.79 Å². The van der Waals surface area contributed by atoms with Gasteiger partial charge >= 0.3 is 0 Å². The van der Waals surface area contributed by atoms with E-state index in [4.69, 9.17) is 0 Å². The summed E-state index contributed by atoms with van der Waals surface area (Å²) < 4.78 is 2.42. The fourth-order valence-electron chi connectivity index (χ4n) is 1.16. The summed E-state index contributed by atoms with van der Waals surface area (Å²) in [5, 5.41) is 0. The monoisotopic (exact) mass is 320 g/mol. The maximum atomic E-state index is 11.8. The molecular weight excluding hydrogens is 303 g/mol. The Morgan fingerprint density at radius 1 is 1.47 bits per heavy atom. The molecular formula is C11H17IN2O. The minimum atomic E-state index is 0.0763. The van der Waals surface area contributed by atoms with Crippen molar-refractivity contribution >= 4 is 22.6 Å². The van der Waals surface area contributed by atoms with E-state index < -0.39 is 0 Å². The number of hydrogen-bond donors (Lipinski definition) is 0. The average Bonchev–Trinajstić information content (AvgIpc) is 2.12. The first-order chi connectivity index (χ1) is 6.81. The van der Waals surface area contributed by atoms with Crippen LogP contribution in [-0.4, -0.2) is 9.55 Å². The van der Waals surface area contributed by atoms with Gasteiger partial charge in [-0.3, -0.25) is 9.36 Å². The van der Waals surface area contributed by atoms with Crippen molar-refractivity contribution < 1.29 is 0 Å². The molecule has 4 heteroatoms. The van der Waals surface area contributed by atoms with Crippen molar-refractivity contribution in [3.8, 4) is 0 Å². The summed E-state index contributed by atoms with van der Waals surface area (Å²) in [5.74, 6) is 0. The van der Waals surface area contributed by atoms with Gasteiger partial charge in [-0.25, -0.2) is 4.98 Å². The standard InChI is InChI=1S/C11H17IN2O/c1-8-9(12)10(15)14(7-13-8)6-5-11(2,3)4/h7H,5-6H2,1-4H3. The van der Waals surface area contributed by atoms with E-state index >= 15 is 0 Å². The van der Waals surface area contributed by atoms with E-state index in [1.165, 1.54) is 0 Å². The Morgan fingerprint density at radius 3 is 2.60 bits per heavy atom. The molecule has 0 unspecified atom stereocenters. The van der Waals surface area contributed by atoms with E-state index in [1.807, 2.05) is 6.92 Å². The fraction of sp³-hybridized carbons (Fsp3) is 0.636. The van der Waals surface area contributed by atoms with Crippen LogP contribution >= 0.6 is 22.6 Å². The third-order valence-electron chi connectivity index (χ3n) is 2.26. The van der Waals surface area contributed by atoms with Crippen LogP contribution in [0.2, 0.25) is 0 Å². The van der Waals surface area contributed by atoms with Crippen molar-refractivity contribution in [1.82, 2.24) is 9.55 Å². The van der Waals surface area contributed by atoms with Gasteiger partial charge in [0, 0.05) is 6.54 Å². The van der Waals surface area contributed by atoms with Gasteiger partial charge < -0.3 is 0 Å². The lowest BCUT2D eigenvalue weighted by molar-refractivity contribution is 0.346. The predicted molar refractivity (Wildman–Crippen MR) is 70.0 cm³/mol. The Morgan fingerprint density at radius 2 is 2.07 bits per heavy atom. The largest absolute Gasteiger partial charge is 0.298 e. The first-order valence-corrected chi connectivity index (χ1v) is 6.11. The summed E-state index contributed by atoms with van der Waals surface area (Å²) in [5.41, 5.74) is 1.13. The Balaban J connectivity index is 2.89. The highest BCUT2D eigenvalue weighted by Crippen LogP contribution is 2.18. The summed E-state index contributed by atoms with van der Waals surface area (Å²) in [6, 6.07) is 0. The maximum Gasteiger partial charge on any atom is 0.266 e. The molecule has 1 rings (SSSR count). The van der Waals surface area contributed by atoms with Gasteiger partial charge in [0.15, 0.2) is 0 Å². The lowest BCUT2D eigenvalue weighted by Gasteiger charge is -2.18. The molecule has 1 heterocycles. The smallest absolute Gasteiger partial charge is 0.266 e. The molecule has 0 aliphatic heterocycles. The molecule has 0 aliphatic rings. The summed E-state index contributed by atoms with van der Waals surface area (Å²) >= 11 is 2.06. The second-order valence-corrected chi connectivity index (χ2v) is 6.03. The molecule has 0 radical (unpaired) electrons. The first kappa shape index (κ1) is 12.7. The topological polar surface area (TPSA) is 34.9 Å². The van der Waals surface area contributed by atoms with Gasteiger partial charge in [-0.15, -0.1) is 0 Å². The molecule has 0 aromatic carbocycles. The summed E-state index contributed by atoms with van der Waals surface area (Å²) in [6.45, 7) is 9.11. The molecule has 84 valence electrons. The Bertz CT molecular complexity index is 404. The van der Waals surface area contributed by atoms with E-state index in [1.54, 1.807) is 10.9 Å².